The first kappa shape index (κ1) is 66.1. The number of hydrogen-bond donors (Lipinski definition) is 0. The monoisotopic (exact) mass is 971 g/mol. The second kappa shape index (κ2) is 57.6. The van der Waals surface area contributed by atoms with Gasteiger partial charge in [0.1, 0.15) is 13.2 Å². The Hall–Kier alpha value is -3.93. The molecule has 398 valence electrons. The van der Waals surface area contributed by atoms with Crippen LogP contribution in [0.25, 0.3) is 0 Å². The van der Waals surface area contributed by atoms with Gasteiger partial charge in [-0.25, -0.2) is 0 Å². The first-order valence-electron chi connectivity index (χ1n) is 28.9. The highest BCUT2D eigenvalue weighted by Crippen LogP contribution is 2.16. The predicted molar refractivity (Wildman–Crippen MR) is 302 cm³/mol. The van der Waals surface area contributed by atoms with Gasteiger partial charge in [-0.15, -0.1) is 0 Å². The second-order valence-corrected chi connectivity index (χ2v) is 18.8. The summed E-state index contributed by atoms with van der Waals surface area (Å²) in [6, 6.07) is 0. The van der Waals surface area contributed by atoms with Gasteiger partial charge in [0.2, 0.25) is 0 Å². The van der Waals surface area contributed by atoms with E-state index in [0.29, 0.717) is 19.3 Å². The summed E-state index contributed by atoms with van der Waals surface area (Å²) >= 11 is 0. The number of carbonyl (C=O) groups is 3. The van der Waals surface area contributed by atoms with Crippen LogP contribution >= 0.6 is 0 Å². The summed E-state index contributed by atoms with van der Waals surface area (Å²) in [5.74, 6) is -0.999. The third-order valence-corrected chi connectivity index (χ3v) is 12.0. The van der Waals surface area contributed by atoms with Gasteiger partial charge in [0, 0.05) is 19.3 Å². The Morgan fingerprint density at radius 2 is 0.571 bits per heavy atom. The lowest BCUT2D eigenvalue weighted by Crippen LogP contribution is -2.30. The number of allylic oxidation sites excluding steroid dienone is 18. The van der Waals surface area contributed by atoms with Gasteiger partial charge in [0.05, 0.1) is 0 Å². The lowest BCUT2D eigenvalue weighted by Gasteiger charge is -2.18. The molecule has 0 amide bonds. The molecule has 0 radical (unpaired) electrons. The topological polar surface area (TPSA) is 78.9 Å². The fourth-order valence-corrected chi connectivity index (χ4v) is 7.76. The van der Waals surface area contributed by atoms with E-state index in [4.69, 9.17) is 14.2 Å². The molecule has 0 fully saturated rings. The van der Waals surface area contributed by atoms with Crippen LogP contribution in [0.2, 0.25) is 0 Å². The van der Waals surface area contributed by atoms with E-state index in [0.717, 1.165) is 109 Å². The zero-order chi connectivity index (χ0) is 50.7. The number of unbranched alkanes of at least 4 members (excludes halogenated alkanes) is 22. The first-order valence-corrected chi connectivity index (χ1v) is 28.9. The minimum absolute atomic E-state index is 0.110. The maximum atomic E-state index is 12.8. The number of hydrogen-bond acceptors (Lipinski definition) is 6. The summed E-state index contributed by atoms with van der Waals surface area (Å²) in [6.45, 7) is 6.35. The Labute approximate surface area is 431 Å². The normalized spacial score (nSPS) is 12.9. The first-order chi connectivity index (χ1) is 34.5. The highest BCUT2D eigenvalue weighted by atomic mass is 16.6. The van der Waals surface area contributed by atoms with Crippen molar-refractivity contribution < 1.29 is 28.6 Å². The molecule has 0 N–H and O–H groups in total. The standard InChI is InChI=1S/C64H106O6/c1-4-7-10-13-16-19-22-25-28-31-32-34-36-39-42-45-48-51-54-57-63(66)69-60-61(59-68-62(65)56-53-50-47-44-41-38-35-30-27-24-21-18-15-12-9-6-3)70-64(67)58-55-52-49-46-43-40-37-33-29-26-23-20-17-14-11-8-5-2/h8-9,11-12,17-18,20-21,26-27,29-30,37-38,40-41,46,49,61H,4-7,10,13-16,19,22-25,28,31-36,39,42-45,47-48,50-60H2,1-3H3/b11-8-,12-9-,20-17-,21-18-,29-26-,30-27-,40-37-,41-38-,49-46-. The van der Waals surface area contributed by atoms with Crippen molar-refractivity contribution in [2.45, 2.75) is 264 Å². The molecule has 6 heteroatoms. The van der Waals surface area contributed by atoms with Crippen molar-refractivity contribution in [2.75, 3.05) is 13.2 Å². The van der Waals surface area contributed by atoms with Crippen LogP contribution in [0.1, 0.15) is 258 Å². The summed E-state index contributed by atoms with van der Waals surface area (Å²) in [7, 11) is 0. The molecule has 0 aromatic heterocycles. The molecule has 1 atom stereocenters. The van der Waals surface area contributed by atoms with Gasteiger partial charge in [0.25, 0.3) is 0 Å². The van der Waals surface area contributed by atoms with E-state index in [-0.39, 0.29) is 37.5 Å². The van der Waals surface area contributed by atoms with Gasteiger partial charge in [-0.05, 0) is 96.3 Å². The molecule has 0 aliphatic heterocycles. The van der Waals surface area contributed by atoms with Crippen molar-refractivity contribution >= 4 is 17.9 Å². The fraction of sp³-hybridized carbons (Fsp3) is 0.672. The second-order valence-electron chi connectivity index (χ2n) is 18.8. The lowest BCUT2D eigenvalue weighted by atomic mass is 10.0. The Morgan fingerprint density at radius 1 is 0.300 bits per heavy atom. The molecular weight excluding hydrogens is 865 g/mol. The Balaban J connectivity index is 4.50. The van der Waals surface area contributed by atoms with Crippen molar-refractivity contribution in [2.24, 2.45) is 0 Å². The Morgan fingerprint density at radius 3 is 0.914 bits per heavy atom. The minimum atomic E-state index is -0.822. The average molecular weight is 972 g/mol. The summed E-state index contributed by atoms with van der Waals surface area (Å²) in [6.07, 6.45) is 78.0. The van der Waals surface area contributed by atoms with Crippen molar-refractivity contribution in [3.63, 3.8) is 0 Å². The van der Waals surface area contributed by atoms with E-state index in [1.54, 1.807) is 0 Å². The molecule has 0 aliphatic carbocycles. The van der Waals surface area contributed by atoms with Gasteiger partial charge in [-0.2, -0.15) is 0 Å². The zero-order valence-corrected chi connectivity index (χ0v) is 45.5. The molecule has 0 aliphatic rings. The van der Waals surface area contributed by atoms with Crippen molar-refractivity contribution in [1.82, 2.24) is 0 Å². The molecule has 1 unspecified atom stereocenters. The van der Waals surface area contributed by atoms with Gasteiger partial charge in [0.15, 0.2) is 6.10 Å². The average Bonchev–Trinajstić information content (AvgIpc) is 3.36. The number of ether oxygens (including phenoxy) is 3. The van der Waals surface area contributed by atoms with E-state index in [2.05, 4.69) is 130 Å². The van der Waals surface area contributed by atoms with Crippen molar-refractivity contribution in [3.05, 3.63) is 109 Å². The van der Waals surface area contributed by atoms with Crippen molar-refractivity contribution in [3.8, 4) is 0 Å². The van der Waals surface area contributed by atoms with Crippen LogP contribution in [-0.2, 0) is 28.6 Å². The molecule has 70 heavy (non-hydrogen) atoms. The Kier molecular flexibility index (Phi) is 54.4. The summed E-state index contributed by atoms with van der Waals surface area (Å²) in [5.41, 5.74) is 0. The molecule has 0 spiro atoms. The highest BCUT2D eigenvalue weighted by molar-refractivity contribution is 5.71. The maximum absolute atomic E-state index is 12.8. The van der Waals surface area contributed by atoms with Crippen LogP contribution in [-0.4, -0.2) is 37.2 Å². The molecular formula is C64H106O6. The zero-order valence-electron chi connectivity index (χ0n) is 45.5. The molecule has 0 rings (SSSR count). The van der Waals surface area contributed by atoms with Crippen LogP contribution in [0.15, 0.2) is 109 Å². The molecule has 0 saturated carbocycles. The van der Waals surface area contributed by atoms with Gasteiger partial charge in [-0.3, -0.25) is 14.4 Å². The molecule has 0 heterocycles. The fourth-order valence-electron chi connectivity index (χ4n) is 7.76. The van der Waals surface area contributed by atoms with Crippen molar-refractivity contribution in [1.29, 1.82) is 0 Å². The molecule has 0 saturated heterocycles. The Bertz CT molecular complexity index is 1440. The largest absolute Gasteiger partial charge is 0.462 e. The van der Waals surface area contributed by atoms with Crippen LogP contribution in [0.4, 0.5) is 0 Å². The number of rotatable bonds is 51. The highest BCUT2D eigenvalue weighted by Gasteiger charge is 2.19. The summed E-state index contributed by atoms with van der Waals surface area (Å²) in [4.78, 5) is 38.2. The predicted octanol–water partition coefficient (Wildman–Crippen LogP) is 19.5. The van der Waals surface area contributed by atoms with E-state index >= 15 is 0 Å². The van der Waals surface area contributed by atoms with E-state index in [1.165, 1.54) is 103 Å². The van der Waals surface area contributed by atoms with Crippen LogP contribution in [0, 0.1) is 0 Å². The summed E-state index contributed by atoms with van der Waals surface area (Å²) in [5, 5.41) is 0. The molecule has 6 nitrogen and oxygen atoms in total. The van der Waals surface area contributed by atoms with Gasteiger partial charge >= 0.3 is 17.9 Å². The quantitative estimate of drug-likeness (QED) is 0.0262. The van der Waals surface area contributed by atoms with Crippen LogP contribution in [0.5, 0.6) is 0 Å². The third-order valence-electron chi connectivity index (χ3n) is 12.0. The number of carbonyl (C=O) groups excluding carboxylic acids is 3. The van der Waals surface area contributed by atoms with Crippen LogP contribution in [0.3, 0.4) is 0 Å². The third kappa shape index (κ3) is 55.0. The van der Waals surface area contributed by atoms with Crippen LogP contribution < -0.4 is 0 Å². The molecule has 0 bridgehead atoms. The minimum Gasteiger partial charge on any atom is -0.462 e. The van der Waals surface area contributed by atoms with E-state index in [1.807, 2.05) is 0 Å². The molecule has 0 aromatic rings. The molecule has 0 aromatic carbocycles. The smallest absolute Gasteiger partial charge is 0.306 e. The lowest BCUT2D eigenvalue weighted by molar-refractivity contribution is -0.167. The van der Waals surface area contributed by atoms with Gasteiger partial charge < -0.3 is 14.2 Å². The van der Waals surface area contributed by atoms with Gasteiger partial charge in [-0.1, -0.05) is 252 Å². The number of esters is 3. The van der Waals surface area contributed by atoms with E-state index < -0.39 is 6.10 Å². The summed E-state index contributed by atoms with van der Waals surface area (Å²) < 4.78 is 16.8. The maximum Gasteiger partial charge on any atom is 0.306 e. The van der Waals surface area contributed by atoms with E-state index in [9.17, 15) is 14.4 Å². The SMILES string of the molecule is CC/C=C\C/C=C\C/C=C\C/C=C\C/C=C\CCCC(=O)OC(COC(=O)CCCCC/C=C\C/C=C\C/C=C\C/C=C\CC)COC(=O)CCCCCCCCCCCCCCCCCCCCC.